The topological polar surface area (TPSA) is 76.8 Å². The largest absolute Gasteiger partial charge is 0.388 e. The SMILES string of the molecule is Cc1ccc(C)c(/C(N)=N/N=C\N)c1. The van der Waals surface area contributed by atoms with Crippen LogP contribution in [-0.2, 0) is 0 Å². The Morgan fingerprint density at radius 3 is 2.71 bits per heavy atom. The first-order valence-electron chi connectivity index (χ1n) is 4.29. The van der Waals surface area contributed by atoms with E-state index >= 15 is 0 Å². The zero-order chi connectivity index (χ0) is 10.6. The maximum absolute atomic E-state index is 5.73. The number of nitrogens with two attached hydrogens (primary N) is 2. The van der Waals surface area contributed by atoms with E-state index < -0.39 is 0 Å². The Bertz CT molecular complexity index is 380. The average Bonchev–Trinajstić information content (AvgIpc) is 2.18. The summed E-state index contributed by atoms with van der Waals surface area (Å²) in [6, 6.07) is 6.00. The van der Waals surface area contributed by atoms with Crippen LogP contribution in [0.5, 0.6) is 0 Å². The van der Waals surface area contributed by atoms with Crippen molar-refractivity contribution in [1.29, 1.82) is 0 Å². The second kappa shape index (κ2) is 4.41. The maximum atomic E-state index is 5.73. The minimum Gasteiger partial charge on any atom is -0.388 e. The van der Waals surface area contributed by atoms with Crippen LogP contribution in [0.1, 0.15) is 16.7 Å². The van der Waals surface area contributed by atoms with Gasteiger partial charge in [0.15, 0.2) is 5.84 Å². The normalized spacial score (nSPS) is 12.3. The van der Waals surface area contributed by atoms with Gasteiger partial charge < -0.3 is 11.5 Å². The van der Waals surface area contributed by atoms with Gasteiger partial charge in [-0.1, -0.05) is 17.7 Å². The Balaban J connectivity index is 3.11. The summed E-state index contributed by atoms with van der Waals surface area (Å²) in [5, 5.41) is 7.29. The Labute approximate surface area is 83.3 Å². The van der Waals surface area contributed by atoms with E-state index in [2.05, 4.69) is 10.2 Å². The van der Waals surface area contributed by atoms with E-state index in [0.29, 0.717) is 5.84 Å². The van der Waals surface area contributed by atoms with Crippen LogP contribution in [0.4, 0.5) is 0 Å². The lowest BCUT2D eigenvalue weighted by molar-refractivity contribution is 1.21. The molecule has 4 heteroatoms. The summed E-state index contributed by atoms with van der Waals surface area (Å²) < 4.78 is 0. The van der Waals surface area contributed by atoms with Gasteiger partial charge in [-0.05, 0) is 25.5 Å². The van der Waals surface area contributed by atoms with Gasteiger partial charge in [-0.15, -0.1) is 10.2 Å². The third-order valence-corrected chi connectivity index (χ3v) is 1.90. The highest BCUT2D eigenvalue weighted by molar-refractivity contribution is 5.98. The van der Waals surface area contributed by atoms with Crippen molar-refractivity contribution in [2.75, 3.05) is 0 Å². The molecule has 0 saturated carbocycles. The molecule has 1 aromatic carbocycles. The molecule has 0 fully saturated rings. The van der Waals surface area contributed by atoms with Crippen molar-refractivity contribution in [3.05, 3.63) is 34.9 Å². The van der Waals surface area contributed by atoms with Gasteiger partial charge >= 0.3 is 0 Å². The highest BCUT2D eigenvalue weighted by Gasteiger charge is 2.02. The monoisotopic (exact) mass is 190 g/mol. The molecule has 0 amide bonds. The fraction of sp³-hybridized carbons (Fsp3) is 0.200. The van der Waals surface area contributed by atoms with Crippen LogP contribution in [0.15, 0.2) is 28.4 Å². The van der Waals surface area contributed by atoms with Crippen LogP contribution in [0, 0.1) is 13.8 Å². The highest BCUT2D eigenvalue weighted by Crippen LogP contribution is 2.10. The lowest BCUT2D eigenvalue weighted by atomic mass is 10.1. The number of hydrogen-bond acceptors (Lipinski definition) is 2. The quantitative estimate of drug-likeness (QED) is 0.413. The van der Waals surface area contributed by atoms with E-state index in [4.69, 9.17) is 11.5 Å². The van der Waals surface area contributed by atoms with Gasteiger partial charge in [-0.3, -0.25) is 0 Å². The van der Waals surface area contributed by atoms with Gasteiger partial charge in [-0.2, -0.15) is 0 Å². The first-order valence-corrected chi connectivity index (χ1v) is 4.29. The molecule has 0 spiro atoms. The summed E-state index contributed by atoms with van der Waals surface area (Å²) in [7, 11) is 0. The molecule has 74 valence electrons. The Morgan fingerprint density at radius 2 is 2.07 bits per heavy atom. The van der Waals surface area contributed by atoms with Crippen molar-refractivity contribution in [2.45, 2.75) is 13.8 Å². The predicted octanol–water partition coefficient (Wildman–Crippen LogP) is 0.911. The minimum absolute atomic E-state index is 0.382. The molecule has 4 nitrogen and oxygen atoms in total. The molecule has 0 aliphatic carbocycles. The van der Waals surface area contributed by atoms with Crippen LogP contribution in [0.2, 0.25) is 0 Å². The minimum atomic E-state index is 0.382. The lowest BCUT2D eigenvalue weighted by Gasteiger charge is -2.04. The smallest absolute Gasteiger partial charge is 0.153 e. The van der Waals surface area contributed by atoms with Gasteiger partial charge in [0.05, 0.1) is 0 Å². The molecule has 14 heavy (non-hydrogen) atoms. The van der Waals surface area contributed by atoms with Gasteiger partial charge in [-0.25, -0.2) is 0 Å². The predicted molar refractivity (Wildman–Crippen MR) is 59.3 cm³/mol. The van der Waals surface area contributed by atoms with Crippen LogP contribution in [-0.4, -0.2) is 12.2 Å². The average molecular weight is 190 g/mol. The summed E-state index contributed by atoms with van der Waals surface area (Å²) in [5.41, 5.74) is 13.9. The van der Waals surface area contributed by atoms with Crippen molar-refractivity contribution in [3.63, 3.8) is 0 Å². The molecule has 0 aliphatic rings. The number of aryl methyl sites for hydroxylation is 2. The third kappa shape index (κ3) is 2.32. The number of hydrogen-bond donors (Lipinski definition) is 2. The molecule has 4 N–H and O–H groups in total. The molecule has 0 unspecified atom stereocenters. The molecule has 0 heterocycles. The Morgan fingerprint density at radius 1 is 1.36 bits per heavy atom. The molecule has 0 aromatic heterocycles. The Kier molecular flexibility index (Phi) is 3.23. The summed E-state index contributed by atoms with van der Waals surface area (Å²) in [5.74, 6) is 0.382. The lowest BCUT2D eigenvalue weighted by Crippen LogP contribution is -2.14. The molecule has 1 rings (SSSR count). The summed E-state index contributed by atoms with van der Waals surface area (Å²) >= 11 is 0. The zero-order valence-corrected chi connectivity index (χ0v) is 8.36. The molecule has 0 radical (unpaired) electrons. The number of benzene rings is 1. The van der Waals surface area contributed by atoms with Gasteiger partial charge in [0, 0.05) is 5.56 Å². The molecule has 0 aliphatic heterocycles. The van der Waals surface area contributed by atoms with Gasteiger partial charge in [0.1, 0.15) is 6.34 Å². The second-order valence-corrected chi connectivity index (χ2v) is 3.07. The van der Waals surface area contributed by atoms with Gasteiger partial charge in [0.2, 0.25) is 0 Å². The molecule has 0 bridgehead atoms. The van der Waals surface area contributed by atoms with Crippen LogP contribution >= 0.6 is 0 Å². The van der Waals surface area contributed by atoms with Crippen molar-refractivity contribution in [3.8, 4) is 0 Å². The van der Waals surface area contributed by atoms with E-state index in [1.54, 1.807) is 0 Å². The van der Waals surface area contributed by atoms with Crippen molar-refractivity contribution in [2.24, 2.45) is 21.7 Å². The third-order valence-electron chi connectivity index (χ3n) is 1.90. The molecule has 0 atom stereocenters. The van der Waals surface area contributed by atoms with Crippen molar-refractivity contribution < 1.29 is 0 Å². The Hall–Kier alpha value is -1.84. The van der Waals surface area contributed by atoms with Crippen LogP contribution in [0.25, 0.3) is 0 Å². The number of rotatable bonds is 2. The molecule has 0 saturated heterocycles. The number of amidine groups is 1. The van der Waals surface area contributed by atoms with Gasteiger partial charge in [0.25, 0.3) is 0 Å². The van der Waals surface area contributed by atoms with E-state index in [0.717, 1.165) is 23.0 Å². The van der Waals surface area contributed by atoms with E-state index in [9.17, 15) is 0 Å². The maximum Gasteiger partial charge on any atom is 0.153 e. The summed E-state index contributed by atoms with van der Waals surface area (Å²) in [6.07, 6.45) is 1.11. The first kappa shape index (κ1) is 10.2. The van der Waals surface area contributed by atoms with Crippen molar-refractivity contribution >= 4 is 12.2 Å². The van der Waals surface area contributed by atoms with E-state index in [1.165, 1.54) is 0 Å². The standard InChI is InChI=1S/C10H14N4/c1-7-3-4-8(2)9(5-7)10(12)14-13-6-11/h3-6H,1-2H3,(H2,11,13)(H2,12,14). The molecule has 1 aromatic rings. The van der Waals surface area contributed by atoms with E-state index in [1.807, 2.05) is 32.0 Å². The highest BCUT2D eigenvalue weighted by atomic mass is 15.2. The fourth-order valence-electron chi connectivity index (χ4n) is 1.16. The van der Waals surface area contributed by atoms with Crippen LogP contribution < -0.4 is 11.5 Å². The van der Waals surface area contributed by atoms with Crippen molar-refractivity contribution in [1.82, 2.24) is 0 Å². The summed E-state index contributed by atoms with van der Waals surface area (Å²) in [6.45, 7) is 3.98. The number of nitrogens with zero attached hydrogens (tertiary/aromatic N) is 2. The molecular formula is C10H14N4. The second-order valence-electron chi connectivity index (χ2n) is 3.07. The molecular weight excluding hydrogens is 176 g/mol. The van der Waals surface area contributed by atoms with Crippen LogP contribution in [0.3, 0.4) is 0 Å². The zero-order valence-electron chi connectivity index (χ0n) is 8.36. The fourth-order valence-corrected chi connectivity index (χ4v) is 1.16. The summed E-state index contributed by atoms with van der Waals surface area (Å²) in [4.78, 5) is 0. The van der Waals surface area contributed by atoms with E-state index in [-0.39, 0.29) is 0 Å². The first-order chi connectivity index (χ1) is 6.65.